The summed E-state index contributed by atoms with van der Waals surface area (Å²) in [5.74, 6) is 0.392. The molecule has 1 aliphatic rings. The van der Waals surface area contributed by atoms with E-state index in [9.17, 15) is 4.79 Å². The lowest BCUT2D eigenvalue weighted by Gasteiger charge is -2.18. The third kappa shape index (κ3) is 2.35. The van der Waals surface area contributed by atoms with Gasteiger partial charge in [0.05, 0.1) is 0 Å². The van der Waals surface area contributed by atoms with Crippen LogP contribution in [0.4, 0.5) is 0 Å². The Morgan fingerprint density at radius 1 is 1.11 bits per heavy atom. The SMILES string of the molecule is O=C1Oc2ccc[nH+]c2SC1c1ccccc1.[Cl-]. The molecule has 0 radical (unpaired) electrons. The van der Waals surface area contributed by atoms with Gasteiger partial charge in [0.2, 0.25) is 5.75 Å². The minimum atomic E-state index is -0.289. The number of fused-ring (bicyclic) bond motifs is 1. The topological polar surface area (TPSA) is 40.4 Å². The molecule has 1 atom stereocenters. The number of aromatic nitrogens is 1. The molecule has 1 aromatic heterocycles. The summed E-state index contributed by atoms with van der Waals surface area (Å²) in [4.78, 5) is 15.0. The van der Waals surface area contributed by atoms with Crippen LogP contribution in [0.2, 0.25) is 0 Å². The van der Waals surface area contributed by atoms with Crippen molar-refractivity contribution in [2.75, 3.05) is 0 Å². The highest BCUT2D eigenvalue weighted by molar-refractivity contribution is 8.00. The molecule has 92 valence electrons. The zero-order valence-electron chi connectivity index (χ0n) is 9.30. The molecular formula is C13H10ClNO2S. The molecule has 0 fully saturated rings. The van der Waals surface area contributed by atoms with E-state index in [2.05, 4.69) is 4.98 Å². The Morgan fingerprint density at radius 3 is 2.67 bits per heavy atom. The minimum Gasteiger partial charge on any atom is -1.00 e. The summed E-state index contributed by atoms with van der Waals surface area (Å²) in [7, 11) is 0. The fraction of sp³-hybridized carbons (Fsp3) is 0.0769. The fourth-order valence-corrected chi connectivity index (χ4v) is 2.77. The number of carbonyl (C=O) groups is 1. The molecule has 0 bridgehead atoms. The molecule has 0 aliphatic carbocycles. The number of ether oxygens (including phenoxy) is 1. The lowest BCUT2D eigenvalue weighted by atomic mass is 10.1. The summed E-state index contributed by atoms with van der Waals surface area (Å²) in [5.41, 5.74) is 0.963. The van der Waals surface area contributed by atoms with E-state index in [4.69, 9.17) is 4.74 Å². The van der Waals surface area contributed by atoms with Crippen LogP contribution in [0.1, 0.15) is 10.8 Å². The van der Waals surface area contributed by atoms with Gasteiger partial charge in [0.15, 0.2) is 6.20 Å². The van der Waals surface area contributed by atoms with E-state index in [0.29, 0.717) is 5.75 Å². The highest BCUT2D eigenvalue weighted by Crippen LogP contribution is 2.42. The van der Waals surface area contributed by atoms with E-state index in [-0.39, 0.29) is 23.6 Å². The smallest absolute Gasteiger partial charge is 0.329 e. The first kappa shape index (κ1) is 12.9. The monoisotopic (exact) mass is 279 g/mol. The molecule has 1 aliphatic heterocycles. The summed E-state index contributed by atoms with van der Waals surface area (Å²) < 4.78 is 5.31. The fourth-order valence-electron chi connectivity index (χ4n) is 1.74. The molecule has 3 rings (SSSR count). The van der Waals surface area contributed by atoms with Crippen molar-refractivity contribution < 1.29 is 26.9 Å². The summed E-state index contributed by atoms with van der Waals surface area (Å²) >= 11 is 1.49. The molecule has 18 heavy (non-hydrogen) atoms. The predicted octanol–water partition coefficient (Wildman–Crippen LogP) is -0.743. The Hall–Kier alpha value is -1.52. The molecule has 3 nitrogen and oxygen atoms in total. The molecule has 0 spiro atoms. The predicted molar refractivity (Wildman–Crippen MR) is 63.7 cm³/mol. The van der Waals surface area contributed by atoms with Gasteiger partial charge in [-0.05, 0) is 23.4 Å². The number of benzene rings is 1. The first-order valence-corrected chi connectivity index (χ1v) is 6.16. The van der Waals surface area contributed by atoms with E-state index < -0.39 is 0 Å². The number of esters is 1. The van der Waals surface area contributed by atoms with Crippen LogP contribution in [0.15, 0.2) is 53.7 Å². The van der Waals surface area contributed by atoms with E-state index >= 15 is 0 Å². The lowest BCUT2D eigenvalue weighted by Crippen LogP contribution is -3.00. The normalized spacial score (nSPS) is 17.3. The van der Waals surface area contributed by atoms with Gasteiger partial charge in [0.25, 0.3) is 5.03 Å². The summed E-state index contributed by atoms with van der Waals surface area (Å²) in [6.07, 6.45) is 1.83. The van der Waals surface area contributed by atoms with Gasteiger partial charge in [-0.2, -0.15) is 0 Å². The summed E-state index contributed by atoms with van der Waals surface area (Å²) in [5, 5.41) is 0.600. The van der Waals surface area contributed by atoms with Gasteiger partial charge in [-0.15, -0.1) is 0 Å². The standard InChI is InChI=1S/C13H9NO2S.ClH/c15-13-11(9-5-2-1-3-6-9)17-12-10(16-13)7-4-8-14-12;/h1-8,11H;1H. The third-order valence-corrected chi connectivity index (χ3v) is 3.80. The van der Waals surface area contributed by atoms with Crippen LogP contribution >= 0.6 is 11.8 Å². The largest absolute Gasteiger partial charge is 1.00 e. The van der Waals surface area contributed by atoms with Crippen LogP contribution in [-0.4, -0.2) is 5.97 Å². The van der Waals surface area contributed by atoms with Crippen LogP contribution in [0.5, 0.6) is 5.75 Å². The van der Waals surface area contributed by atoms with Crippen molar-refractivity contribution in [2.24, 2.45) is 0 Å². The Labute approximate surface area is 115 Å². The maximum Gasteiger partial charge on any atom is 0.329 e. The maximum absolute atomic E-state index is 11.9. The zero-order valence-corrected chi connectivity index (χ0v) is 10.9. The van der Waals surface area contributed by atoms with Gasteiger partial charge in [0, 0.05) is 6.07 Å². The molecule has 0 amide bonds. The maximum atomic E-state index is 11.9. The first-order chi connectivity index (χ1) is 8.34. The number of thioether (sulfide) groups is 1. The van der Waals surface area contributed by atoms with Crippen LogP contribution in [0.3, 0.4) is 0 Å². The van der Waals surface area contributed by atoms with Crippen molar-refractivity contribution in [1.29, 1.82) is 0 Å². The summed E-state index contributed by atoms with van der Waals surface area (Å²) in [6.45, 7) is 0. The number of aromatic amines is 1. The van der Waals surface area contributed by atoms with E-state index in [1.807, 2.05) is 42.6 Å². The van der Waals surface area contributed by atoms with Gasteiger partial charge >= 0.3 is 5.97 Å². The van der Waals surface area contributed by atoms with E-state index in [0.717, 1.165) is 10.6 Å². The van der Waals surface area contributed by atoms with Crippen LogP contribution < -0.4 is 22.1 Å². The van der Waals surface area contributed by atoms with Crippen molar-refractivity contribution in [3.05, 3.63) is 54.2 Å². The average molecular weight is 280 g/mol. The minimum absolute atomic E-state index is 0. The van der Waals surface area contributed by atoms with Gasteiger partial charge in [-0.1, -0.05) is 30.3 Å². The first-order valence-electron chi connectivity index (χ1n) is 5.28. The van der Waals surface area contributed by atoms with E-state index in [1.165, 1.54) is 11.8 Å². The second kappa shape index (κ2) is 5.42. The highest BCUT2D eigenvalue weighted by atomic mass is 35.5. The molecule has 1 N–H and O–H groups in total. The third-order valence-electron chi connectivity index (χ3n) is 2.54. The second-order valence-corrected chi connectivity index (χ2v) is 4.81. The van der Waals surface area contributed by atoms with Crippen LogP contribution in [0, 0.1) is 0 Å². The molecule has 1 unspecified atom stereocenters. The Kier molecular flexibility index (Phi) is 3.89. The van der Waals surface area contributed by atoms with Crippen molar-refractivity contribution in [1.82, 2.24) is 0 Å². The molecular weight excluding hydrogens is 270 g/mol. The van der Waals surface area contributed by atoms with Gasteiger partial charge < -0.3 is 17.1 Å². The number of H-pyrrole nitrogens is 1. The van der Waals surface area contributed by atoms with Crippen molar-refractivity contribution in [3.63, 3.8) is 0 Å². The second-order valence-electron chi connectivity index (χ2n) is 3.69. The van der Waals surface area contributed by atoms with Crippen molar-refractivity contribution in [3.8, 4) is 5.75 Å². The van der Waals surface area contributed by atoms with Crippen LogP contribution in [0.25, 0.3) is 0 Å². The molecule has 2 aromatic rings. The number of halogens is 1. The lowest BCUT2D eigenvalue weighted by molar-refractivity contribution is -0.428. The number of rotatable bonds is 1. The molecule has 0 saturated heterocycles. The number of pyridine rings is 1. The number of carbonyl (C=O) groups excluding carboxylic acids is 1. The molecule has 5 heteroatoms. The molecule has 0 saturated carbocycles. The Bertz CT molecular complexity index is 562. The van der Waals surface area contributed by atoms with Crippen molar-refractivity contribution >= 4 is 17.7 Å². The zero-order chi connectivity index (χ0) is 11.7. The molecule has 1 aromatic carbocycles. The summed E-state index contributed by atoms with van der Waals surface area (Å²) in [6, 6.07) is 13.3. The number of nitrogens with one attached hydrogen (secondary N) is 1. The van der Waals surface area contributed by atoms with Gasteiger partial charge in [0.1, 0.15) is 5.25 Å². The Balaban J connectivity index is 0.00000120. The van der Waals surface area contributed by atoms with Gasteiger partial charge in [-0.3, -0.25) is 4.79 Å². The van der Waals surface area contributed by atoms with E-state index in [1.54, 1.807) is 6.07 Å². The molecule has 2 heterocycles. The Morgan fingerprint density at radius 2 is 1.89 bits per heavy atom. The average Bonchev–Trinajstić information content (AvgIpc) is 2.39. The number of hydrogen-bond donors (Lipinski definition) is 0. The van der Waals surface area contributed by atoms with Crippen molar-refractivity contribution in [2.45, 2.75) is 10.3 Å². The highest BCUT2D eigenvalue weighted by Gasteiger charge is 2.34. The number of hydrogen-bond acceptors (Lipinski definition) is 3. The quantitative estimate of drug-likeness (QED) is 0.646. The van der Waals surface area contributed by atoms with Crippen LogP contribution in [-0.2, 0) is 4.79 Å². The van der Waals surface area contributed by atoms with Gasteiger partial charge in [-0.25, -0.2) is 4.98 Å².